The summed E-state index contributed by atoms with van der Waals surface area (Å²) in [7, 11) is 0. The second-order valence-electron chi connectivity index (χ2n) is 6.01. The molecule has 0 aromatic carbocycles. The van der Waals surface area contributed by atoms with Crippen molar-refractivity contribution in [2.45, 2.75) is 57.9 Å². The molecule has 98 valence electrons. The molecule has 0 radical (unpaired) electrons. The molecule has 3 heteroatoms. The van der Waals surface area contributed by atoms with Crippen molar-refractivity contribution in [1.29, 1.82) is 0 Å². The average Bonchev–Trinajstić information content (AvgIpc) is 2.22. The fraction of sp³-hybridized carbons (Fsp3) is 0.929. The number of aliphatic carboxylic acids is 1. The molecular formula is C14H25NO2. The summed E-state index contributed by atoms with van der Waals surface area (Å²) in [5, 5.41) is 12.4. The van der Waals surface area contributed by atoms with E-state index in [4.69, 9.17) is 5.11 Å². The average molecular weight is 239 g/mol. The molecule has 4 atom stereocenters. The summed E-state index contributed by atoms with van der Waals surface area (Å²) >= 11 is 0. The molecule has 0 heterocycles. The van der Waals surface area contributed by atoms with Gasteiger partial charge in [-0.15, -0.1) is 0 Å². The number of nitrogens with one attached hydrogen (secondary N) is 1. The van der Waals surface area contributed by atoms with Crippen molar-refractivity contribution in [2.75, 3.05) is 6.54 Å². The summed E-state index contributed by atoms with van der Waals surface area (Å²) in [5.74, 6) is 1.01. The van der Waals surface area contributed by atoms with Crippen molar-refractivity contribution in [1.82, 2.24) is 5.32 Å². The summed E-state index contributed by atoms with van der Waals surface area (Å²) in [6.07, 6.45) is 8.65. The lowest BCUT2D eigenvalue weighted by molar-refractivity contribution is -0.146. The zero-order chi connectivity index (χ0) is 12.3. The summed E-state index contributed by atoms with van der Waals surface area (Å²) in [6.45, 7) is 3.36. The first-order valence-corrected chi connectivity index (χ1v) is 7.13. The third-order valence-electron chi connectivity index (χ3n) is 4.60. The molecule has 2 N–H and O–H groups in total. The zero-order valence-corrected chi connectivity index (χ0v) is 10.8. The molecule has 2 saturated carbocycles. The minimum absolute atomic E-state index is 0.125. The van der Waals surface area contributed by atoms with Crippen molar-refractivity contribution in [3.63, 3.8) is 0 Å². The molecule has 4 unspecified atom stereocenters. The first kappa shape index (κ1) is 12.9. The Balaban J connectivity index is 1.61. The molecule has 0 spiro atoms. The quantitative estimate of drug-likeness (QED) is 0.775. The number of carboxylic acid groups (broad SMARTS) is 1. The highest BCUT2D eigenvalue weighted by Gasteiger charge is 2.36. The van der Waals surface area contributed by atoms with Gasteiger partial charge in [0.15, 0.2) is 0 Å². The number of carbonyl (C=O) groups is 1. The predicted octanol–water partition coefficient (Wildman–Crippen LogP) is 2.66. The van der Waals surface area contributed by atoms with E-state index in [1.165, 1.54) is 32.1 Å². The molecular weight excluding hydrogens is 214 g/mol. The van der Waals surface area contributed by atoms with Gasteiger partial charge in [-0.3, -0.25) is 4.79 Å². The highest BCUT2D eigenvalue weighted by atomic mass is 16.4. The summed E-state index contributed by atoms with van der Waals surface area (Å²) in [5.41, 5.74) is 0. The van der Waals surface area contributed by atoms with Gasteiger partial charge in [0.25, 0.3) is 0 Å². The third kappa shape index (κ3) is 3.44. The fourth-order valence-electron chi connectivity index (χ4n) is 3.33. The van der Waals surface area contributed by atoms with Gasteiger partial charge in [0.1, 0.15) is 0 Å². The molecule has 0 aromatic rings. The van der Waals surface area contributed by atoms with Gasteiger partial charge in [0.2, 0.25) is 0 Å². The van der Waals surface area contributed by atoms with Crippen LogP contribution in [0.5, 0.6) is 0 Å². The van der Waals surface area contributed by atoms with Gasteiger partial charge < -0.3 is 10.4 Å². The minimum atomic E-state index is -0.625. The van der Waals surface area contributed by atoms with E-state index < -0.39 is 5.97 Å². The molecule has 0 saturated heterocycles. The lowest BCUT2D eigenvalue weighted by Gasteiger charge is -2.35. The Morgan fingerprint density at radius 2 is 2.12 bits per heavy atom. The Labute approximate surface area is 104 Å². The van der Waals surface area contributed by atoms with Crippen LogP contribution >= 0.6 is 0 Å². The molecule has 2 fully saturated rings. The van der Waals surface area contributed by atoms with Crippen LogP contribution in [0, 0.1) is 17.8 Å². The Hall–Kier alpha value is -0.570. The van der Waals surface area contributed by atoms with Crippen LogP contribution in [0.2, 0.25) is 0 Å². The van der Waals surface area contributed by atoms with E-state index in [-0.39, 0.29) is 12.0 Å². The van der Waals surface area contributed by atoms with Gasteiger partial charge in [-0.25, -0.2) is 0 Å². The van der Waals surface area contributed by atoms with E-state index in [9.17, 15) is 4.79 Å². The van der Waals surface area contributed by atoms with E-state index in [0.29, 0.717) is 0 Å². The van der Waals surface area contributed by atoms with Crippen LogP contribution in [-0.2, 0) is 4.79 Å². The second-order valence-corrected chi connectivity index (χ2v) is 6.01. The lowest BCUT2D eigenvalue weighted by atomic mass is 9.78. The molecule has 0 bridgehead atoms. The third-order valence-corrected chi connectivity index (χ3v) is 4.60. The zero-order valence-electron chi connectivity index (χ0n) is 10.8. The van der Waals surface area contributed by atoms with Crippen LogP contribution < -0.4 is 5.32 Å². The number of carboxylic acids is 1. The van der Waals surface area contributed by atoms with Crippen LogP contribution in [0.3, 0.4) is 0 Å². The maximum Gasteiger partial charge on any atom is 0.308 e. The van der Waals surface area contributed by atoms with Crippen molar-refractivity contribution in [3.8, 4) is 0 Å². The molecule has 17 heavy (non-hydrogen) atoms. The Morgan fingerprint density at radius 1 is 1.29 bits per heavy atom. The van der Waals surface area contributed by atoms with Crippen molar-refractivity contribution < 1.29 is 9.90 Å². The van der Waals surface area contributed by atoms with Gasteiger partial charge in [-0.1, -0.05) is 26.2 Å². The van der Waals surface area contributed by atoms with Crippen molar-refractivity contribution in [3.05, 3.63) is 0 Å². The van der Waals surface area contributed by atoms with Crippen LogP contribution in [0.4, 0.5) is 0 Å². The first-order valence-electron chi connectivity index (χ1n) is 7.13. The van der Waals surface area contributed by atoms with Crippen LogP contribution in [0.1, 0.15) is 51.9 Å². The highest BCUT2D eigenvalue weighted by Crippen LogP contribution is 2.31. The van der Waals surface area contributed by atoms with Gasteiger partial charge in [-0.05, 0) is 44.1 Å². The number of hydrogen-bond acceptors (Lipinski definition) is 2. The predicted molar refractivity (Wildman–Crippen MR) is 67.9 cm³/mol. The van der Waals surface area contributed by atoms with Crippen LogP contribution in [0.25, 0.3) is 0 Å². The summed E-state index contributed by atoms with van der Waals surface area (Å²) < 4.78 is 0. The van der Waals surface area contributed by atoms with Crippen LogP contribution in [0.15, 0.2) is 0 Å². The van der Waals surface area contributed by atoms with Gasteiger partial charge in [-0.2, -0.15) is 0 Å². The van der Waals surface area contributed by atoms with E-state index in [1.54, 1.807) is 0 Å². The molecule has 2 aliphatic carbocycles. The van der Waals surface area contributed by atoms with Gasteiger partial charge >= 0.3 is 5.97 Å². The molecule has 2 rings (SSSR count). The monoisotopic (exact) mass is 239 g/mol. The molecule has 0 aliphatic heterocycles. The van der Waals surface area contributed by atoms with Gasteiger partial charge in [0, 0.05) is 6.04 Å². The standard InChI is InChI=1S/C14H25NO2/c1-10-3-2-4-11(9-10)7-8-15-13-6-5-12(13)14(16)17/h10-13,15H,2-9H2,1H3,(H,16,17). The maximum atomic E-state index is 10.9. The fourth-order valence-corrected chi connectivity index (χ4v) is 3.33. The smallest absolute Gasteiger partial charge is 0.308 e. The second kappa shape index (κ2) is 5.85. The summed E-state index contributed by atoms with van der Waals surface area (Å²) in [6, 6.07) is 0.244. The Morgan fingerprint density at radius 3 is 2.71 bits per heavy atom. The van der Waals surface area contributed by atoms with E-state index >= 15 is 0 Å². The largest absolute Gasteiger partial charge is 0.481 e. The van der Waals surface area contributed by atoms with Gasteiger partial charge in [0.05, 0.1) is 5.92 Å². The highest BCUT2D eigenvalue weighted by molar-refractivity contribution is 5.72. The molecule has 0 aromatic heterocycles. The maximum absolute atomic E-state index is 10.9. The molecule has 2 aliphatic rings. The normalized spacial score (nSPS) is 37.5. The molecule has 3 nitrogen and oxygen atoms in total. The number of hydrogen-bond donors (Lipinski definition) is 2. The Bertz CT molecular complexity index is 267. The van der Waals surface area contributed by atoms with E-state index in [1.807, 2.05) is 0 Å². The minimum Gasteiger partial charge on any atom is -0.481 e. The van der Waals surface area contributed by atoms with Crippen molar-refractivity contribution >= 4 is 5.97 Å². The van der Waals surface area contributed by atoms with Crippen LogP contribution in [-0.4, -0.2) is 23.7 Å². The number of rotatable bonds is 5. The lowest BCUT2D eigenvalue weighted by Crippen LogP contribution is -2.48. The first-order chi connectivity index (χ1) is 8.16. The van der Waals surface area contributed by atoms with E-state index in [0.717, 1.165) is 31.2 Å². The topological polar surface area (TPSA) is 49.3 Å². The van der Waals surface area contributed by atoms with Crippen molar-refractivity contribution in [2.24, 2.45) is 17.8 Å². The summed E-state index contributed by atoms with van der Waals surface area (Å²) in [4.78, 5) is 10.9. The molecule has 0 amide bonds. The Kier molecular flexibility index (Phi) is 4.43. The SMILES string of the molecule is CC1CCCC(CCNC2CCC2C(=O)O)C1. The van der Waals surface area contributed by atoms with E-state index in [2.05, 4.69) is 12.2 Å².